The molecule has 1 aromatic heterocycles. The average Bonchev–Trinajstić information content (AvgIpc) is 2.47. The number of amides is 1. The fourth-order valence-corrected chi connectivity index (χ4v) is 1.93. The van der Waals surface area contributed by atoms with Crippen molar-refractivity contribution >= 4 is 21.8 Å². The molecule has 0 saturated carbocycles. The van der Waals surface area contributed by atoms with E-state index < -0.39 is 0 Å². The normalized spacial score (nSPS) is 11.7. The number of hydrogen-bond acceptors (Lipinski definition) is 3. The molecule has 1 heterocycles. The van der Waals surface area contributed by atoms with Crippen LogP contribution in [0.15, 0.2) is 53.1 Å². The second-order valence-corrected chi connectivity index (χ2v) is 5.20. The lowest BCUT2D eigenvalue weighted by molar-refractivity contribution is -0.123. The summed E-state index contributed by atoms with van der Waals surface area (Å²) in [5.74, 6) is 0.486. The van der Waals surface area contributed by atoms with E-state index in [1.165, 1.54) is 0 Å². The lowest BCUT2D eigenvalue weighted by atomic mass is 10.2. The highest BCUT2D eigenvalue weighted by Crippen LogP contribution is 2.16. The van der Waals surface area contributed by atoms with E-state index in [0.717, 1.165) is 10.2 Å². The second-order valence-electron chi connectivity index (χ2n) is 4.29. The number of benzene rings is 1. The van der Waals surface area contributed by atoms with E-state index in [1.54, 1.807) is 18.3 Å². The number of aromatic nitrogens is 1. The number of carbonyl (C=O) groups is 1. The maximum Gasteiger partial charge on any atom is 0.258 e. The molecule has 0 bridgehead atoms. The van der Waals surface area contributed by atoms with E-state index >= 15 is 0 Å². The Morgan fingerprint density at radius 1 is 1.30 bits per heavy atom. The van der Waals surface area contributed by atoms with Crippen LogP contribution in [0, 0.1) is 0 Å². The molecule has 2 aromatic rings. The molecule has 2 rings (SSSR count). The molecule has 1 atom stereocenters. The van der Waals surface area contributed by atoms with E-state index in [2.05, 4.69) is 26.2 Å². The molecule has 1 aromatic carbocycles. The predicted octanol–water partition coefficient (Wildman–Crippen LogP) is 3.10. The van der Waals surface area contributed by atoms with Gasteiger partial charge < -0.3 is 10.1 Å². The van der Waals surface area contributed by atoms with Gasteiger partial charge in [0.1, 0.15) is 5.75 Å². The van der Waals surface area contributed by atoms with Gasteiger partial charge in [0.25, 0.3) is 5.91 Å². The molecule has 20 heavy (non-hydrogen) atoms. The third kappa shape index (κ3) is 4.35. The van der Waals surface area contributed by atoms with Gasteiger partial charge in [-0.15, -0.1) is 0 Å². The molecule has 1 unspecified atom stereocenters. The third-order valence-electron chi connectivity index (χ3n) is 2.69. The van der Waals surface area contributed by atoms with E-state index in [0.29, 0.717) is 5.75 Å². The number of halogens is 1. The molecule has 1 amide bonds. The summed E-state index contributed by atoms with van der Waals surface area (Å²) in [6.07, 6.45) is 1.70. The van der Waals surface area contributed by atoms with Crippen molar-refractivity contribution in [1.82, 2.24) is 10.3 Å². The first kappa shape index (κ1) is 14.5. The topological polar surface area (TPSA) is 51.2 Å². The maximum atomic E-state index is 11.8. The number of carbonyl (C=O) groups excluding carboxylic acids is 1. The molecule has 0 saturated heterocycles. The van der Waals surface area contributed by atoms with E-state index in [1.807, 2.05) is 37.3 Å². The lowest BCUT2D eigenvalue weighted by Crippen LogP contribution is -2.31. The predicted molar refractivity (Wildman–Crippen MR) is 80.4 cm³/mol. The van der Waals surface area contributed by atoms with Gasteiger partial charge in [0.15, 0.2) is 6.61 Å². The first-order valence-electron chi connectivity index (χ1n) is 6.24. The van der Waals surface area contributed by atoms with Crippen LogP contribution in [0.2, 0.25) is 0 Å². The molecule has 0 aliphatic carbocycles. The fourth-order valence-electron chi connectivity index (χ4n) is 1.67. The van der Waals surface area contributed by atoms with Gasteiger partial charge in [-0.25, -0.2) is 0 Å². The highest BCUT2D eigenvalue weighted by molar-refractivity contribution is 9.10. The Labute approximate surface area is 126 Å². The number of rotatable bonds is 5. The van der Waals surface area contributed by atoms with Gasteiger partial charge in [0.2, 0.25) is 0 Å². The Bertz CT molecular complexity index is 558. The summed E-state index contributed by atoms with van der Waals surface area (Å²) in [5, 5.41) is 2.84. The van der Waals surface area contributed by atoms with Crippen molar-refractivity contribution in [2.75, 3.05) is 6.61 Å². The van der Waals surface area contributed by atoms with Crippen molar-refractivity contribution in [2.24, 2.45) is 0 Å². The molecule has 104 valence electrons. The molecule has 0 radical (unpaired) electrons. The summed E-state index contributed by atoms with van der Waals surface area (Å²) in [6.45, 7) is 1.87. The Morgan fingerprint density at radius 3 is 2.70 bits per heavy atom. The minimum atomic E-state index is -0.175. The highest BCUT2D eigenvalue weighted by Gasteiger charge is 2.10. The molecular formula is C15H15BrN2O2. The fraction of sp³-hybridized carbons (Fsp3) is 0.200. The Hall–Kier alpha value is -1.88. The molecule has 0 aliphatic rings. The van der Waals surface area contributed by atoms with Crippen molar-refractivity contribution in [3.63, 3.8) is 0 Å². The second kappa shape index (κ2) is 7.05. The largest absolute Gasteiger partial charge is 0.484 e. The number of ether oxygens (including phenoxy) is 1. The minimum absolute atomic E-state index is 0.0151. The molecule has 0 fully saturated rings. The van der Waals surface area contributed by atoms with Crippen LogP contribution in [0.25, 0.3) is 0 Å². The summed E-state index contributed by atoms with van der Waals surface area (Å²) in [4.78, 5) is 16.0. The number of hydrogen-bond donors (Lipinski definition) is 1. The third-order valence-corrected chi connectivity index (χ3v) is 3.22. The standard InChI is InChI=1S/C15H15BrN2O2/c1-11(14-4-2-3-9-17-14)18-15(19)10-20-13-7-5-12(16)6-8-13/h2-9,11H,10H2,1H3,(H,18,19). The first-order valence-corrected chi connectivity index (χ1v) is 7.03. The molecule has 4 nitrogen and oxygen atoms in total. The number of nitrogens with one attached hydrogen (secondary N) is 1. The number of nitrogens with zero attached hydrogens (tertiary/aromatic N) is 1. The van der Waals surface area contributed by atoms with Crippen LogP contribution >= 0.6 is 15.9 Å². The molecule has 0 aliphatic heterocycles. The van der Waals surface area contributed by atoms with Crippen molar-refractivity contribution in [1.29, 1.82) is 0 Å². The van der Waals surface area contributed by atoms with Gasteiger partial charge in [-0.2, -0.15) is 0 Å². The highest BCUT2D eigenvalue weighted by atomic mass is 79.9. The zero-order valence-corrected chi connectivity index (χ0v) is 12.6. The zero-order valence-electron chi connectivity index (χ0n) is 11.0. The van der Waals surface area contributed by atoms with Gasteiger partial charge in [0, 0.05) is 10.7 Å². The van der Waals surface area contributed by atoms with Crippen LogP contribution < -0.4 is 10.1 Å². The first-order chi connectivity index (χ1) is 9.65. The molecule has 0 spiro atoms. The summed E-state index contributed by atoms with van der Waals surface area (Å²) in [7, 11) is 0. The summed E-state index contributed by atoms with van der Waals surface area (Å²) >= 11 is 3.34. The van der Waals surface area contributed by atoms with Crippen LogP contribution in [-0.2, 0) is 4.79 Å². The van der Waals surface area contributed by atoms with Gasteiger partial charge >= 0.3 is 0 Å². The smallest absolute Gasteiger partial charge is 0.258 e. The van der Waals surface area contributed by atoms with E-state index in [9.17, 15) is 4.79 Å². The van der Waals surface area contributed by atoms with Crippen LogP contribution in [0.4, 0.5) is 0 Å². The molecule has 5 heteroatoms. The maximum absolute atomic E-state index is 11.8. The summed E-state index contributed by atoms with van der Waals surface area (Å²) in [6, 6.07) is 12.8. The lowest BCUT2D eigenvalue weighted by Gasteiger charge is -2.13. The van der Waals surface area contributed by atoms with Crippen molar-refractivity contribution in [2.45, 2.75) is 13.0 Å². The molecular weight excluding hydrogens is 320 g/mol. The SMILES string of the molecule is CC(NC(=O)COc1ccc(Br)cc1)c1ccccn1. The van der Waals surface area contributed by atoms with Gasteiger partial charge in [-0.05, 0) is 43.3 Å². The van der Waals surface area contributed by atoms with Crippen molar-refractivity contribution < 1.29 is 9.53 Å². The van der Waals surface area contributed by atoms with Gasteiger partial charge in [0.05, 0.1) is 11.7 Å². The minimum Gasteiger partial charge on any atom is -0.484 e. The van der Waals surface area contributed by atoms with Crippen LogP contribution in [-0.4, -0.2) is 17.5 Å². The van der Waals surface area contributed by atoms with Gasteiger partial charge in [-0.3, -0.25) is 9.78 Å². The zero-order chi connectivity index (χ0) is 14.4. The Kier molecular flexibility index (Phi) is 5.12. The van der Waals surface area contributed by atoms with Crippen molar-refractivity contribution in [3.8, 4) is 5.75 Å². The van der Waals surface area contributed by atoms with E-state index in [-0.39, 0.29) is 18.6 Å². The number of pyridine rings is 1. The van der Waals surface area contributed by atoms with Crippen LogP contribution in [0.3, 0.4) is 0 Å². The summed E-state index contributed by atoms with van der Waals surface area (Å²) in [5.41, 5.74) is 0.824. The van der Waals surface area contributed by atoms with Gasteiger partial charge in [-0.1, -0.05) is 22.0 Å². The quantitative estimate of drug-likeness (QED) is 0.914. The van der Waals surface area contributed by atoms with Crippen LogP contribution in [0.5, 0.6) is 5.75 Å². The summed E-state index contributed by atoms with van der Waals surface area (Å²) < 4.78 is 6.38. The van der Waals surface area contributed by atoms with Crippen LogP contribution in [0.1, 0.15) is 18.7 Å². The monoisotopic (exact) mass is 334 g/mol. The average molecular weight is 335 g/mol. The van der Waals surface area contributed by atoms with Crippen molar-refractivity contribution in [3.05, 3.63) is 58.8 Å². The Balaban J connectivity index is 1.82. The molecule has 1 N–H and O–H groups in total. The van der Waals surface area contributed by atoms with E-state index in [4.69, 9.17) is 4.74 Å². The Morgan fingerprint density at radius 2 is 2.05 bits per heavy atom.